The first-order valence-electron chi connectivity index (χ1n) is 9.23. The van der Waals surface area contributed by atoms with E-state index in [-0.39, 0.29) is 5.41 Å². The standard InChI is InChI=1S/C22H24F2/c23-19-12-11-18(17-7-3-1-4-8-17)20(21(19)24)22(15-16-9-10-16)13-5-2-6-14-22/h1,3-4,7-8,11-12,16H,2,5-6,9-10,13-15H2. The largest absolute Gasteiger partial charge is 0.204 e. The van der Waals surface area contributed by atoms with Crippen molar-refractivity contribution in [3.63, 3.8) is 0 Å². The number of hydrogen-bond donors (Lipinski definition) is 0. The minimum Gasteiger partial charge on any atom is -0.204 e. The van der Waals surface area contributed by atoms with Crippen LogP contribution in [-0.4, -0.2) is 0 Å². The van der Waals surface area contributed by atoms with Gasteiger partial charge in [0.15, 0.2) is 11.6 Å². The lowest BCUT2D eigenvalue weighted by atomic mass is 9.64. The zero-order chi connectivity index (χ0) is 16.6. The zero-order valence-corrected chi connectivity index (χ0v) is 14.0. The van der Waals surface area contributed by atoms with Gasteiger partial charge in [0.2, 0.25) is 0 Å². The fraction of sp³-hybridized carbons (Fsp3) is 0.455. The average Bonchev–Trinajstić information content (AvgIpc) is 3.42. The van der Waals surface area contributed by atoms with Crippen LogP contribution in [0.2, 0.25) is 0 Å². The van der Waals surface area contributed by atoms with Crippen molar-refractivity contribution in [3.8, 4) is 11.1 Å². The van der Waals surface area contributed by atoms with Crippen molar-refractivity contribution in [2.75, 3.05) is 0 Å². The van der Waals surface area contributed by atoms with Gasteiger partial charge in [0.1, 0.15) is 0 Å². The summed E-state index contributed by atoms with van der Waals surface area (Å²) in [6.07, 6.45) is 8.96. The highest BCUT2D eigenvalue weighted by Crippen LogP contribution is 2.52. The number of halogens is 2. The molecule has 0 aromatic heterocycles. The van der Waals surface area contributed by atoms with Crippen molar-refractivity contribution < 1.29 is 8.78 Å². The molecule has 0 bridgehead atoms. The van der Waals surface area contributed by atoms with Gasteiger partial charge in [-0.25, -0.2) is 8.78 Å². The zero-order valence-electron chi connectivity index (χ0n) is 14.0. The van der Waals surface area contributed by atoms with Crippen LogP contribution in [0, 0.1) is 17.6 Å². The molecule has 0 spiro atoms. The normalized spacial score (nSPS) is 20.1. The van der Waals surface area contributed by atoms with Crippen molar-refractivity contribution in [1.29, 1.82) is 0 Å². The van der Waals surface area contributed by atoms with Crippen molar-refractivity contribution in [2.45, 2.75) is 56.8 Å². The molecule has 0 heterocycles. The molecule has 2 fully saturated rings. The van der Waals surface area contributed by atoms with Crippen LogP contribution < -0.4 is 0 Å². The van der Waals surface area contributed by atoms with Crippen LogP contribution in [0.1, 0.15) is 56.9 Å². The lowest BCUT2D eigenvalue weighted by Gasteiger charge is -2.40. The van der Waals surface area contributed by atoms with Crippen LogP contribution in [0.5, 0.6) is 0 Å². The molecule has 2 heteroatoms. The molecule has 0 atom stereocenters. The van der Waals surface area contributed by atoms with E-state index in [2.05, 4.69) is 0 Å². The topological polar surface area (TPSA) is 0 Å². The Morgan fingerprint density at radius 2 is 1.58 bits per heavy atom. The molecule has 126 valence electrons. The predicted octanol–water partition coefficient (Wildman–Crippen LogP) is 6.63. The lowest BCUT2D eigenvalue weighted by Crippen LogP contribution is -2.32. The van der Waals surface area contributed by atoms with Crippen molar-refractivity contribution in [1.82, 2.24) is 0 Å². The fourth-order valence-corrected chi connectivity index (χ4v) is 4.59. The van der Waals surface area contributed by atoms with Gasteiger partial charge in [0.25, 0.3) is 0 Å². The van der Waals surface area contributed by atoms with E-state index in [0.29, 0.717) is 11.5 Å². The van der Waals surface area contributed by atoms with Crippen LogP contribution in [0.15, 0.2) is 42.5 Å². The summed E-state index contributed by atoms with van der Waals surface area (Å²) in [7, 11) is 0. The van der Waals surface area contributed by atoms with Gasteiger partial charge < -0.3 is 0 Å². The summed E-state index contributed by atoms with van der Waals surface area (Å²) in [5, 5.41) is 0. The van der Waals surface area contributed by atoms with E-state index in [4.69, 9.17) is 0 Å². The second kappa shape index (κ2) is 6.31. The van der Waals surface area contributed by atoms with Gasteiger partial charge >= 0.3 is 0 Å². The SMILES string of the molecule is Fc1ccc(-c2ccccc2)c(C2(CC3CC3)CCCCC2)c1F. The van der Waals surface area contributed by atoms with Gasteiger partial charge in [-0.2, -0.15) is 0 Å². The molecule has 2 aliphatic carbocycles. The highest BCUT2D eigenvalue weighted by molar-refractivity contribution is 5.69. The molecule has 2 aromatic rings. The van der Waals surface area contributed by atoms with Crippen LogP contribution in [0.3, 0.4) is 0 Å². The summed E-state index contributed by atoms with van der Waals surface area (Å²) in [6.45, 7) is 0. The summed E-state index contributed by atoms with van der Waals surface area (Å²) in [4.78, 5) is 0. The Morgan fingerprint density at radius 3 is 2.25 bits per heavy atom. The second-order valence-electron chi connectivity index (χ2n) is 7.64. The average molecular weight is 326 g/mol. The smallest absolute Gasteiger partial charge is 0.163 e. The quantitative estimate of drug-likeness (QED) is 0.591. The molecule has 0 aliphatic heterocycles. The molecule has 2 aromatic carbocycles. The first-order valence-corrected chi connectivity index (χ1v) is 9.23. The van der Waals surface area contributed by atoms with E-state index in [0.717, 1.165) is 43.2 Å². The van der Waals surface area contributed by atoms with E-state index in [1.54, 1.807) is 6.07 Å². The van der Waals surface area contributed by atoms with Gasteiger partial charge in [-0.05, 0) is 47.8 Å². The molecule has 0 amide bonds. The summed E-state index contributed by atoms with van der Waals surface area (Å²) in [5.74, 6) is -0.612. The third-order valence-corrected chi connectivity index (χ3v) is 5.90. The van der Waals surface area contributed by atoms with Crippen LogP contribution >= 0.6 is 0 Å². The third-order valence-electron chi connectivity index (χ3n) is 5.90. The molecule has 0 N–H and O–H groups in total. The number of benzene rings is 2. The van der Waals surface area contributed by atoms with E-state index in [1.807, 2.05) is 30.3 Å². The van der Waals surface area contributed by atoms with Gasteiger partial charge in [-0.1, -0.05) is 68.5 Å². The van der Waals surface area contributed by atoms with Gasteiger partial charge in [0.05, 0.1) is 0 Å². The molecular weight excluding hydrogens is 302 g/mol. The Morgan fingerprint density at radius 1 is 0.875 bits per heavy atom. The van der Waals surface area contributed by atoms with Crippen molar-refractivity contribution >= 4 is 0 Å². The Bertz CT molecular complexity index is 710. The minimum atomic E-state index is -0.703. The third kappa shape index (κ3) is 2.87. The molecule has 2 saturated carbocycles. The lowest BCUT2D eigenvalue weighted by molar-refractivity contribution is 0.252. The van der Waals surface area contributed by atoms with E-state index < -0.39 is 11.6 Å². The summed E-state index contributed by atoms with van der Waals surface area (Å²) in [5.41, 5.74) is 2.35. The highest BCUT2D eigenvalue weighted by atomic mass is 19.2. The van der Waals surface area contributed by atoms with Crippen molar-refractivity contribution in [2.24, 2.45) is 5.92 Å². The van der Waals surface area contributed by atoms with Crippen LogP contribution in [0.4, 0.5) is 8.78 Å². The molecule has 0 radical (unpaired) electrons. The fourth-order valence-electron chi connectivity index (χ4n) is 4.59. The van der Waals surface area contributed by atoms with E-state index in [9.17, 15) is 4.39 Å². The Hall–Kier alpha value is -1.70. The summed E-state index contributed by atoms with van der Waals surface area (Å²) >= 11 is 0. The summed E-state index contributed by atoms with van der Waals surface area (Å²) < 4.78 is 29.3. The molecule has 24 heavy (non-hydrogen) atoms. The molecule has 0 nitrogen and oxygen atoms in total. The maximum atomic E-state index is 15.1. The highest BCUT2D eigenvalue weighted by Gasteiger charge is 2.42. The first kappa shape index (κ1) is 15.8. The van der Waals surface area contributed by atoms with Gasteiger partial charge in [0, 0.05) is 5.56 Å². The molecule has 0 unspecified atom stereocenters. The maximum Gasteiger partial charge on any atom is 0.163 e. The molecule has 2 aliphatic rings. The monoisotopic (exact) mass is 326 g/mol. The second-order valence-corrected chi connectivity index (χ2v) is 7.64. The minimum absolute atomic E-state index is 0.184. The number of rotatable bonds is 4. The van der Waals surface area contributed by atoms with Crippen molar-refractivity contribution in [3.05, 3.63) is 59.7 Å². The number of hydrogen-bond acceptors (Lipinski definition) is 0. The Labute approximate surface area is 142 Å². The predicted molar refractivity (Wildman–Crippen MR) is 93.9 cm³/mol. The van der Waals surface area contributed by atoms with E-state index in [1.165, 1.54) is 25.3 Å². The summed E-state index contributed by atoms with van der Waals surface area (Å²) in [6, 6.07) is 13.0. The Balaban J connectivity index is 1.89. The maximum absolute atomic E-state index is 15.1. The molecule has 4 rings (SSSR count). The van der Waals surface area contributed by atoms with Gasteiger partial charge in [-0.3, -0.25) is 0 Å². The van der Waals surface area contributed by atoms with Crippen LogP contribution in [-0.2, 0) is 5.41 Å². The van der Waals surface area contributed by atoms with Crippen LogP contribution in [0.25, 0.3) is 11.1 Å². The first-order chi connectivity index (χ1) is 11.7. The molecular formula is C22H24F2. The molecule has 0 saturated heterocycles. The van der Waals surface area contributed by atoms with Gasteiger partial charge in [-0.15, -0.1) is 0 Å². The van der Waals surface area contributed by atoms with E-state index >= 15 is 4.39 Å². The Kier molecular flexibility index (Phi) is 4.15.